The smallest absolute Gasteiger partial charge is 0.315 e. The summed E-state index contributed by atoms with van der Waals surface area (Å²) in [5, 5.41) is 6.29. The van der Waals surface area contributed by atoms with Crippen molar-refractivity contribution < 1.29 is 36.3 Å². The van der Waals surface area contributed by atoms with Crippen LogP contribution in [0.3, 0.4) is 0 Å². The Morgan fingerprint density at radius 1 is 0.825 bits per heavy atom. The first kappa shape index (κ1) is 29.9. The third kappa shape index (κ3) is 5.97. The van der Waals surface area contributed by atoms with Crippen LogP contribution >= 0.6 is 46.4 Å². The van der Waals surface area contributed by atoms with Gasteiger partial charge in [-0.1, -0.05) is 29.3 Å². The van der Waals surface area contributed by atoms with Crippen LogP contribution < -0.4 is 16.0 Å². The fourth-order valence-electron chi connectivity index (χ4n) is 3.90. The van der Waals surface area contributed by atoms with E-state index in [1.165, 1.54) is 17.4 Å². The molecule has 40 heavy (non-hydrogen) atoms. The lowest BCUT2D eigenvalue weighted by Crippen LogP contribution is -2.22. The summed E-state index contributed by atoms with van der Waals surface area (Å²) in [7, 11) is 0. The molecule has 2 atom stereocenters. The van der Waals surface area contributed by atoms with Gasteiger partial charge in [0.2, 0.25) is 5.91 Å². The monoisotopic (exact) mass is 639 g/mol. The maximum atomic E-state index is 14.7. The van der Waals surface area contributed by atoms with Crippen molar-refractivity contribution in [2.75, 3.05) is 16.0 Å². The molecule has 3 amide bonds. The lowest BCUT2D eigenvalue weighted by molar-refractivity contribution is -0.126. The molecule has 0 saturated heterocycles. The molecule has 6 nitrogen and oxygen atoms in total. The zero-order chi connectivity index (χ0) is 29.5. The second-order valence-corrected chi connectivity index (χ2v) is 10.8. The highest BCUT2D eigenvalue weighted by Crippen LogP contribution is 2.65. The zero-order valence-corrected chi connectivity index (χ0v) is 22.5. The number of benzene rings is 3. The summed E-state index contributed by atoms with van der Waals surface area (Å²) in [6.45, 7) is 0. The molecular formula is C25H14Cl4F5N3O3. The van der Waals surface area contributed by atoms with Crippen LogP contribution in [0, 0.1) is 23.4 Å². The summed E-state index contributed by atoms with van der Waals surface area (Å²) in [6.07, 6.45) is -3.49. The molecular weight excluding hydrogens is 627 g/mol. The third-order valence-corrected chi connectivity index (χ3v) is 7.58. The Balaban J connectivity index is 1.52. The maximum absolute atomic E-state index is 14.7. The first-order valence-corrected chi connectivity index (χ1v) is 12.5. The number of hydrogen-bond donors (Lipinski definition) is 3. The highest BCUT2D eigenvalue weighted by Gasteiger charge is 2.67. The van der Waals surface area contributed by atoms with Crippen molar-refractivity contribution in [1.82, 2.24) is 0 Å². The van der Waals surface area contributed by atoms with Gasteiger partial charge in [-0.05, 0) is 48.0 Å². The Kier molecular flexibility index (Phi) is 8.51. The highest BCUT2D eigenvalue weighted by atomic mass is 35.5. The molecule has 0 heterocycles. The molecule has 210 valence electrons. The summed E-state index contributed by atoms with van der Waals surface area (Å²) < 4.78 is 66.9. The highest BCUT2D eigenvalue weighted by molar-refractivity contribution is 6.53. The minimum absolute atomic E-state index is 0.0839. The standard InChI is InChI=1S/C25H14Cl4F5N3O3/c26-12-3-1-9(7-13(12)27)17-18(25(17,28)29)23(39)35-10-2-4-14(30)11(8-10)22(38)37-20-15(31)5-6-16(19(20)32)36-24(40)21(33)34/h1-8,17-18,21H,(H,35,39)(H,36,40)(H,37,38)/t17-,18+/m0/s1. The molecule has 4 rings (SSSR count). The molecule has 1 saturated carbocycles. The Labute approximate surface area is 242 Å². The van der Waals surface area contributed by atoms with Gasteiger partial charge >= 0.3 is 6.43 Å². The summed E-state index contributed by atoms with van der Waals surface area (Å²) >= 11 is 24.6. The summed E-state index contributed by atoms with van der Waals surface area (Å²) in [6, 6.07) is 8.69. The predicted molar refractivity (Wildman–Crippen MR) is 141 cm³/mol. The number of anilines is 3. The molecule has 0 radical (unpaired) electrons. The lowest BCUT2D eigenvalue weighted by atomic mass is 10.1. The van der Waals surface area contributed by atoms with Crippen LogP contribution in [0.1, 0.15) is 21.8 Å². The van der Waals surface area contributed by atoms with Gasteiger partial charge in [0.25, 0.3) is 11.8 Å². The molecule has 3 aromatic rings. The minimum atomic E-state index is -3.49. The van der Waals surface area contributed by atoms with E-state index in [-0.39, 0.29) is 15.7 Å². The molecule has 1 fully saturated rings. The van der Waals surface area contributed by atoms with Crippen LogP contribution in [-0.4, -0.2) is 28.5 Å². The number of nitrogens with one attached hydrogen (secondary N) is 3. The van der Waals surface area contributed by atoms with E-state index < -0.39 is 74.7 Å². The third-order valence-electron chi connectivity index (χ3n) is 5.90. The Morgan fingerprint density at radius 3 is 2.15 bits per heavy atom. The van der Waals surface area contributed by atoms with Gasteiger partial charge in [0.05, 0.1) is 27.2 Å². The average Bonchev–Trinajstić information content (AvgIpc) is 3.47. The Bertz CT molecular complexity index is 1540. The number of hydrogen-bond acceptors (Lipinski definition) is 3. The van der Waals surface area contributed by atoms with Crippen molar-refractivity contribution in [3.05, 3.63) is 87.2 Å². The van der Waals surface area contributed by atoms with Crippen LogP contribution in [0.15, 0.2) is 48.5 Å². The molecule has 0 aromatic heterocycles. The summed E-state index contributed by atoms with van der Waals surface area (Å²) in [4.78, 5) is 36.8. The summed E-state index contributed by atoms with van der Waals surface area (Å²) in [5.41, 5.74) is -2.27. The van der Waals surface area contributed by atoms with E-state index in [9.17, 15) is 36.3 Å². The van der Waals surface area contributed by atoms with Gasteiger partial charge in [-0.3, -0.25) is 14.4 Å². The largest absolute Gasteiger partial charge is 0.326 e. The lowest BCUT2D eigenvalue weighted by Gasteiger charge is -2.13. The summed E-state index contributed by atoms with van der Waals surface area (Å²) in [5.74, 6) is -9.59. The molecule has 3 N–H and O–H groups in total. The van der Waals surface area contributed by atoms with Crippen molar-refractivity contribution >= 4 is 81.2 Å². The molecule has 1 aliphatic rings. The topological polar surface area (TPSA) is 87.3 Å². The first-order chi connectivity index (χ1) is 18.7. The van der Waals surface area contributed by atoms with Gasteiger partial charge in [0, 0.05) is 11.6 Å². The fraction of sp³-hybridized carbons (Fsp3) is 0.160. The predicted octanol–water partition coefficient (Wildman–Crippen LogP) is 7.39. The van der Waals surface area contributed by atoms with E-state index in [2.05, 4.69) is 5.32 Å². The molecule has 3 aromatic carbocycles. The van der Waals surface area contributed by atoms with Gasteiger partial charge in [0.15, 0.2) is 5.82 Å². The second kappa shape index (κ2) is 11.4. The number of carbonyl (C=O) groups is 3. The van der Waals surface area contributed by atoms with E-state index in [1.807, 2.05) is 0 Å². The van der Waals surface area contributed by atoms with Crippen molar-refractivity contribution in [2.45, 2.75) is 16.7 Å². The number of alkyl halides is 4. The Morgan fingerprint density at radius 2 is 1.50 bits per heavy atom. The van der Waals surface area contributed by atoms with Gasteiger partial charge in [-0.15, -0.1) is 23.2 Å². The van der Waals surface area contributed by atoms with E-state index >= 15 is 0 Å². The Hall–Kier alpha value is -3.12. The fourth-order valence-corrected chi connectivity index (χ4v) is 5.04. The van der Waals surface area contributed by atoms with Crippen LogP contribution in [-0.2, 0) is 9.59 Å². The van der Waals surface area contributed by atoms with Crippen molar-refractivity contribution in [1.29, 1.82) is 0 Å². The number of amides is 3. The van der Waals surface area contributed by atoms with Gasteiger partial charge < -0.3 is 16.0 Å². The van der Waals surface area contributed by atoms with Crippen molar-refractivity contribution in [3.8, 4) is 0 Å². The number of rotatable bonds is 7. The quantitative estimate of drug-likeness (QED) is 0.186. The molecule has 0 aliphatic heterocycles. The molecule has 15 heteroatoms. The first-order valence-electron chi connectivity index (χ1n) is 11.0. The normalized spacial score (nSPS) is 17.4. The molecule has 1 aliphatic carbocycles. The second-order valence-electron chi connectivity index (χ2n) is 8.52. The van der Waals surface area contributed by atoms with Gasteiger partial charge in [-0.2, -0.15) is 8.78 Å². The van der Waals surface area contributed by atoms with Crippen LogP contribution in [0.5, 0.6) is 0 Å². The van der Waals surface area contributed by atoms with Crippen molar-refractivity contribution in [2.24, 2.45) is 5.92 Å². The minimum Gasteiger partial charge on any atom is -0.326 e. The van der Waals surface area contributed by atoms with Crippen LogP contribution in [0.4, 0.5) is 39.0 Å². The molecule has 0 spiro atoms. The maximum Gasteiger partial charge on any atom is 0.315 e. The van der Waals surface area contributed by atoms with Crippen LogP contribution in [0.2, 0.25) is 10.0 Å². The molecule has 0 bridgehead atoms. The van der Waals surface area contributed by atoms with Gasteiger partial charge in [0.1, 0.15) is 21.7 Å². The SMILES string of the molecule is O=C(Nc1c(F)ccc(NC(=O)C(F)F)c1F)c1cc(NC(=O)[C@H]2[C@H](c3ccc(Cl)c(Cl)c3)C2(Cl)Cl)ccc1F. The van der Waals surface area contributed by atoms with E-state index in [0.717, 1.165) is 18.2 Å². The van der Waals surface area contributed by atoms with Crippen molar-refractivity contribution in [3.63, 3.8) is 0 Å². The van der Waals surface area contributed by atoms with E-state index in [1.54, 1.807) is 11.4 Å². The van der Waals surface area contributed by atoms with Crippen LogP contribution in [0.25, 0.3) is 0 Å². The average molecular weight is 641 g/mol. The molecule has 0 unspecified atom stereocenters. The van der Waals surface area contributed by atoms with Gasteiger partial charge in [-0.25, -0.2) is 13.2 Å². The zero-order valence-electron chi connectivity index (χ0n) is 19.5. The number of carbonyl (C=O) groups excluding carboxylic acids is 3. The van der Waals surface area contributed by atoms with E-state index in [0.29, 0.717) is 17.7 Å². The van der Waals surface area contributed by atoms with E-state index in [4.69, 9.17) is 46.4 Å². The number of halogens is 9.